The summed E-state index contributed by atoms with van der Waals surface area (Å²) in [7, 11) is 0. The zero-order chi connectivity index (χ0) is 12.5. The Balaban J connectivity index is 0.00000120. The van der Waals surface area contributed by atoms with Crippen molar-refractivity contribution in [3.63, 3.8) is 0 Å². The van der Waals surface area contributed by atoms with Gasteiger partial charge in [0, 0.05) is 0 Å². The van der Waals surface area contributed by atoms with E-state index in [4.69, 9.17) is 0 Å². The van der Waals surface area contributed by atoms with Crippen molar-refractivity contribution in [3.05, 3.63) is 34.9 Å². The summed E-state index contributed by atoms with van der Waals surface area (Å²) in [6.45, 7) is -0.640. The number of hydrogen-bond acceptors (Lipinski definition) is 0. The molecular weight excluding hydrogens is 263 g/mol. The van der Waals surface area contributed by atoms with Crippen molar-refractivity contribution in [1.82, 2.24) is 0 Å². The van der Waals surface area contributed by atoms with Gasteiger partial charge >= 0.3 is 58.4 Å². The van der Waals surface area contributed by atoms with Crippen LogP contribution in [0.2, 0.25) is 5.31 Å². The summed E-state index contributed by atoms with van der Waals surface area (Å²) in [5.41, 5.74) is 3.28. The van der Waals surface area contributed by atoms with Gasteiger partial charge < -0.3 is 12.9 Å². The maximum atomic E-state index is 12.8. The molecule has 0 unspecified atom stereocenters. The molecule has 0 heterocycles. The molecule has 1 aromatic rings. The van der Waals surface area contributed by atoms with Crippen molar-refractivity contribution in [3.8, 4) is 0 Å². The van der Waals surface area contributed by atoms with Gasteiger partial charge in [0.15, 0.2) is 0 Å². The second kappa shape index (κ2) is 4.35. The van der Waals surface area contributed by atoms with E-state index in [0.717, 1.165) is 16.7 Å². The second-order valence-electron chi connectivity index (χ2n) is 6.12. The summed E-state index contributed by atoms with van der Waals surface area (Å²) in [4.78, 5) is 0. The third-order valence-electron chi connectivity index (χ3n) is 4.60. The van der Waals surface area contributed by atoms with Gasteiger partial charge in [0.2, 0.25) is 0 Å². The molecule has 0 nitrogen and oxygen atoms in total. The largest absolute Gasteiger partial charge is 1.00 e. The van der Waals surface area contributed by atoms with E-state index < -0.39 is 12.3 Å². The normalized spacial score (nSPS) is 33.2. The van der Waals surface area contributed by atoms with Gasteiger partial charge in [-0.3, -0.25) is 0 Å². The Bertz CT molecular complexity index is 455. The topological polar surface area (TPSA) is 0 Å². The van der Waals surface area contributed by atoms with Gasteiger partial charge in [0.05, 0.1) is 0 Å². The van der Waals surface area contributed by atoms with Gasteiger partial charge in [-0.05, 0) is 24.8 Å². The molecule has 0 aromatic heterocycles. The summed E-state index contributed by atoms with van der Waals surface area (Å²) in [6, 6.07) is 6.18. The second-order valence-corrected chi connectivity index (χ2v) is 6.12. The van der Waals surface area contributed by atoms with Crippen LogP contribution < -0.4 is 51.4 Å². The molecule has 3 aliphatic carbocycles. The standard InChI is InChI=1S/C13H15BF3.K/c1-9-3-10(2)5-11(4-9)12-6-13(7-12,8-12)14(15,16)17;/h3-5H,6-8H2,1-2H3;/q-1;+1. The summed E-state index contributed by atoms with van der Waals surface area (Å²) >= 11 is 0. The SMILES string of the molecule is Cc1cc(C)cc(C23CC([B-](F)(F)F)(C2)C3)c1.[K+]. The zero-order valence-electron chi connectivity index (χ0n) is 11.1. The summed E-state index contributed by atoms with van der Waals surface area (Å²) < 4.78 is 38.5. The Labute approximate surface area is 148 Å². The van der Waals surface area contributed by atoms with Gasteiger partial charge in [0.25, 0.3) is 0 Å². The number of aryl methyl sites for hydroxylation is 2. The van der Waals surface area contributed by atoms with E-state index >= 15 is 0 Å². The Kier molecular flexibility index (Phi) is 3.65. The maximum Gasteiger partial charge on any atom is 1.00 e. The van der Waals surface area contributed by atoms with Crippen LogP contribution in [-0.2, 0) is 5.41 Å². The van der Waals surface area contributed by atoms with Crippen molar-refractivity contribution in [2.24, 2.45) is 0 Å². The van der Waals surface area contributed by atoms with Crippen LogP contribution in [0, 0.1) is 13.8 Å². The molecule has 0 N–H and O–H groups in total. The van der Waals surface area contributed by atoms with Crippen LogP contribution in [-0.4, -0.2) is 6.98 Å². The maximum absolute atomic E-state index is 12.8. The Hall–Kier alpha value is 0.711. The molecule has 0 radical (unpaired) electrons. The third kappa shape index (κ3) is 1.97. The predicted molar refractivity (Wildman–Crippen MR) is 63.2 cm³/mol. The first-order valence-corrected chi connectivity index (χ1v) is 6.05. The Morgan fingerprint density at radius 2 is 1.39 bits per heavy atom. The van der Waals surface area contributed by atoms with Gasteiger partial charge in [-0.2, -0.15) is 0 Å². The fraction of sp³-hybridized carbons (Fsp3) is 0.538. The number of hydrogen-bond donors (Lipinski definition) is 0. The van der Waals surface area contributed by atoms with E-state index in [-0.39, 0.29) is 56.8 Å². The van der Waals surface area contributed by atoms with Gasteiger partial charge in [0.1, 0.15) is 0 Å². The number of halogens is 3. The van der Waals surface area contributed by atoms with E-state index in [1.807, 2.05) is 13.8 Å². The Morgan fingerprint density at radius 1 is 0.944 bits per heavy atom. The van der Waals surface area contributed by atoms with E-state index in [0.29, 0.717) is 19.3 Å². The zero-order valence-corrected chi connectivity index (χ0v) is 14.2. The number of rotatable bonds is 2. The number of benzene rings is 1. The molecule has 0 saturated heterocycles. The molecule has 0 spiro atoms. The quantitative estimate of drug-likeness (QED) is 0.716. The van der Waals surface area contributed by atoms with Crippen LogP contribution in [0.1, 0.15) is 36.0 Å². The van der Waals surface area contributed by atoms with Gasteiger partial charge in [-0.1, -0.05) is 53.9 Å². The molecule has 92 valence electrons. The van der Waals surface area contributed by atoms with Crippen LogP contribution in [0.25, 0.3) is 0 Å². The van der Waals surface area contributed by atoms with Gasteiger partial charge in [-0.15, -0.1) is 0 Å². The van der Waals surface area contributed by atoms with E-state index in [2.05, 4.69) is 18.2 Å². The molecule has 1 aromatic carbocycles. The van der Waals surface area contributed by atoms with E-state index in [1.54, 1.807) is 0 Å². The Morgan fingerprint density at radius 3 is 1.78 bits per heavy atom. The molecule has 3 saturated carbocycles. The van der Waals surface area contributed by atoms with Crippen LogP contribution >= 0.6 is 0 Å². The van der Waals surface area contributed by atoms with Crippen LogP contribution in [0.15, 0.2) is 18.2 Å². The molecular formula is C13H15BF3K. The van der Waals surface area contributed by atoms with Crippen molar-refractivity contribution in [1.29, 1.82) is 0 Å². The molecule has 4 rings (SSSR count). The predicted octanol–water partition coefficient (Wildman–Crippen LogP) is 1.33. The fourth-order valence-corrected chi connectivity index (χ4v) is 3.80. The summed E-state index contributed by atoms with van der Waals surface area (Å²) in [5.74, 6) is 0. The minimum absolute atomic E-state index is 0. The molecule has 3 aliphatic rings. The molecule has 0 atom stereocenters. The van der Waals surface area contributed by atoms with Gasteiger partial charge in [-0.25, -0.2) is 0 Å². The molecule has 2 bridgehead atoms. The molecule has 0 amide bonds. The molecule has 0 aliphatic heterocycles. The van der Waals surface area contributed by atoms with Crippen molar-refractivity contribution < 1.29 is 64.3 Å². The van der Waals surface area contributed by atoms with E-state index in [9.17, 15) is 12.9 Å². The average Bonchev–Trinajstić information content (AvgIpc) is 1.91. The van der Waals surface area contributed by atoms with Crippen molar-refractivity contribution in [2.75, 3.05) is 0 Å². The summed E-state index contributed by atoms with van der Waals surface area (Å²) in [6.07, 6.45) is 0.977. The first-order chi connectivity index (χ1) is 7.76. The summed E-state index contributed by atoms with van der Waals surface area (Å²) in [5, 5.41) is -1.28. The van der Waals surface area contributed by atoms with Crippen LogP contribution in [0.3, 0.4) is 0 Å². The smallest absolute Gasteiger partial charge is 0.449 e. The van der Waals surface area contributed by atoms with Crippen molar-refractivity contribution in [2.45, 2.75) is 43.8 Å². The molecule has 3 fully saturated rings. The monoisotopic (exact) mass is 278 g/mol. The van der Waals surface area contributed by atoms with Crippen LogP contribution in [0.5, 0.6) is 0 Å². The first-order valence-electron chi connectivity index (χ1n) is 6.05. The molecule has 5 heteroatoms. The minimum Gasteiger partial charge on any atom is -0.449 e. The molecule has 18 heavy (non-hydrogen) atoms. The van der Waals surface area contributed by atoms with E-state index in [1.165, 1.54) is 0 Å². The average molecular weight is 278 g/mol. The third-order valence-corrected chi connectivity index (χ3v) is 4.60. The van der Waals surface area contributed by atoms with Crippen molar-refractivity contribution >= 4 is 6.98 Å². The van der Waals surface area contributed by atoms with Crippen LogP contribution in [0.4, 0.5) is 12.9 Å². The fourth-order valence-electron chi connectivity index (χ4n) is 3.80. The minimum atomic E-state index is -4.65. The first kappa shape index (κ1) is 15.1.